The van der Waals surface area contributed by atoms with E-state index in [2.05, 4.69) is 79.9 Å². The van der Waals surface area contributed by atoms with E-state index >= 15 is 0 Å². The predicted octanol–water partition coefficient (Wildman–Crippen LogP) is 3.82. The second-order valence-electron chi connectivity index (χ2n) is 5.82. The van der Waals surface area contributed by atoms with Crippen molar-refractivity contribution < 1.29 is 0 Å². The molecule has 0 amide bonds. The van der Waals surface area contributed by atoms with Gasteiger partial charge in [-0.15, -0.1) is 11.8 Å². The van der Waals surface area contributed by atoms with Crippen LogP contribution in [0, 0.1) is 12.8 Å². The van der Waals surface area contributed by atoms with Gasteiger partial charge in [-0.1, -0.05) is 54.6 Å². The number of hydrogen-bond acceptors (Lipinski definition) is 1. The zero-order valence-electron chi connectivity index (χ0n) is 12.8. The van der Waals surface area contributed by atoms with Crippen LogP contribution in [0.3, 0.4) is 0 Å². The predicted molar refractivity (Wildman–Crippen MR) is 96.3 cm³/mol. The fourth-order valence-electron chi connectivity index (χ4n) is 3.57. The highest BCUT2D eigenvalue weighted by molar-refractivity contribution is 7.98. The molecule has 2 aromatic carbocycles. The van der Waals surface area contributed by atoms with Crippen molar-refractivity contribution >= 4 is 22.9 Å². The average Bonchev–Trinajstić information content (AvgIpc) is 2.89. The molecule has 0 heterocycles. The first kappa shape index (κ1) is 13.7. The van der Waals surface area contributed by atoms with Crippen molar-refractivity contribution in [2.24, 2.45) is 5.92 Å². The Labute approximate surface area is 135 Å². The Balaban J connectivity index is 2.04. The zero-order valence-corrected chi connectivity index (χ0v) is 13.7. The van der Waals surface area contributed by atoms with Crippen molar-refractivity contribution in [2.75, 3.05) is 6.26 Å². The molecule has 0 bridgehead atoms. The maximum Gasteiger partial charge on any atom is 0.0290 e. The number of benzene rings is 2. The number of thioether (sulfide) groups is 1. The van der Waals surface area contributed by atoms with E-state index in [4.69, 9.17) is 0 Å². The molecule has 0 aliphatic heterocycles. The van der Waals surface area contributed by atoms with Gasteiger partial charge in [-0.2, -0.15) is 0 Å². The van der Waals surface area contributed by atoms with Crippen molar-refractivity contribution in [3.63, 3.8) is 0 Å². The minimum absolute atomic E-state index is 0.390. The first-order valence-corrected chi connectivity index (χ1v) is 8.85. The van der Waals surface area contributed by atoms with Gasteiger partial charge in [-0.25, -0.2) is 0 Å². The molecule has 0 saturated carbocycles. The number of aryl methyl sites for hydroxylation is 1. The van der Waals surface area contributed by atoms with E-state index in [0.717, 1.165) is 0 Å². The fourth-order valence-corrected chi connectivity index (χ4v) is 4.06. The smallest absolute Gasteiger partial charge is 0.0290 e. The van der Waals surface area contributed by atoms with Gasteiger partial charge < -0.3 is 0 Å². The molecule has 22 heavy (non-hydrogen) atoms. The number of hydrogen-bond donors (Lipinski definition) is 0. The van der Waals surface area contributed by atoms with Gasteiger partial charge in [0.05, 0.1) is 0 Å². The molecule has 2 aromatic rings. The Morgan fingerprint density at radius 3 is 2.55 bits per heavy atom. The molecule has 1 atom stereocenters. The van der Waals surface area contributed by atoms with Crippen LogP contribution in [0.4, 0.5) is 0 Å². The summed E-state index contributed by atoms with van der Waals surface area (Å²) in [6.45, 7) is 2.23. The molecule has 108 valence electrons. The van der Waals surface area contributed by atoms with E-state index in [0.29, 0.717) is 5.92 Å². The molecule has 0 spiro atoms. The largest absolute Gasteiger partial charge is 0.130 e. The van der Waals surface area contributed by atoms with Gasteiger partial charge in [0.1, 0.15) is 0 Å². The van der Waals surface area contributed by atoms with Crippen LogP contribution in [0.1, 0.15) is 11.1 Å². The van der Waals surface area contributed by atoms with Gasteiger partial charge in [0.15, 0.2) is 0 Å². The number of allylic oxidation sites excluding steroid dienone is 4. The number of fused-ring (bicyclic) bond motifs is 2. The summed E-state index contributed by atoms with van der Waals surface area (Å²) in [5.74, 6) is 0.390. The summed E-state index contributed by atoms with van der Waals surface area (Å²) in [5, 5.41) is 2.77. The fraction of sp³-hybridized carbons (Fsp3) is 0.143. The van der Waals surface area contributed by atoms with Crippen molar-refractivity contribution in [3.8, 4) is 0 Å². The van der Waals surface area contributed by atoms with E-state index in [-0.39, 0.29) is 0 Å². The summed E-state index contributed by atoms with van der Waals surface area (Å²) in [6, 6.07) is 15.6. The number of rotatable bonds is 2. The van der Waals surface area contributed by atoms with E-state index in [1.807, 2.05) is 0 Å². The molecule has 2 aliphatic rings. The zero-order chi connectivity index (χ0) is 15.1. The van der Waals surface area contributed by atoms with E-state index in [1.165, 1.54) is 37.6 Å². The highest BCUT2D eigenvalue weighted by atomic mass is 32.2. The molecule has 2 aliphatic carbocycles. The second kappa shape index (κ2) is 5.33. The Bertz CT molecular complexity index is 929. The molecule has 4 rings (SSSR count). The minimum Gasteiger partial charge on any atom is -0.130 e. The molecule has 1 heteroatoms. The van der Waals surface area contributed by atoms with Gasteiger partial charge in [0.2, 0.25) is 0 Å². The molecule has 0 N–H and O–H groups in total. The van der Waals surface area contributed by atoms with E-state index in [1.54, 1.807) is 11.8 Å². The average molecular weight is 302 g/mol. The first-order valence-electron chi connectivity index (χ1n) is 7.63. The molecule has 0 fully saturated rings. The summed E-state index contributed by atoms with van der Waals surface area (Å²) in [6.07, 6.45) is 11.0. The van der Waals surface area contributed by atoms with Crippen LogP contribution in [0.25, 0.3) is 11.1 Å². The van der Waals surface area contributed by atoms with Crippen LogP contribution in [0.5, 0.6) is 0 Å². The Hall–Kier alpha value is -1.99. The maximum atomic E-state index is 2.33. The lowest BCUT2D eigenvalue weighted by molar-refractivity contribution is 1.12. The minimum atomic E-state index is 0.390. The third kappa shape index (κ3) is 2.00. The van der Waals surface area contributed by atoms with Gasteiger partial charge >= 0.3 is 0 Å². The topological polar surface area (TPSA) is 0 Å². The van der Waals surface area contributed by atoms with Crippen LogP contribution >= 0.6 is 11.8 Å². The van der Waals surface area contributed by atoms with Crippen molar-refractivity contribution in [2.45, 2.75) is 11.8 Å². The van der Waals surface area contributed by atoms with Gasteiger partial charge in [-0.3, -0.25) is 0 Å². The monoisotopic (exact) mass is 302 g/mol. The van der Waals surface area contributed by atoms with Crippen molar-refractivity contribution in [1.82, 2.24) is 0 Å². The highest BCUT2D eigenvalue weighted by Gasteiger charge is 2.25. The van der Waals surface area contributed by atoms with Gasteiger partial charge in [-0.05, 0) is 58.0 Å². The lowest BCUT2D eigenvalue weighted by Crippen LogP contribution is -2.23. The molecule has 0 aromatic heterocycles. The Morgan fingerprint density at radius 2 is 1.77 bits per heavy atom. The summed E-state index contributed by atoms with van der Waals surface area (Å²) < 4.78 is 0. The highest BCUT2D eigenvalue weighted by Crippen LogP contribution is 2.35. The molecular formula is C21H18S. The van der Waals surface area contributed by atoms with Crippen molar-refractivity contribution in [1.29, 1.82) is 0 Å². The first-order chi connectivity index (χ1) is 10.8. The van der Waals surface area contributed by atoms with Crippen LogP contribution in [-0.4, -0.2) is 6.26 Å². The second-order valence-corrected chi connectivity index (χ2v) is 6.70. The summed E-state index contributed by atoms with van der Waals surface area (Å²) in [7, 11) is 0. The molecule has 0 saturated heterocycles. The van der Waals surface area contributed by atoms with Gasteiger partial charge in [0.25, 0.3) is 0 Å². The van der Waals surface area contributed by atoms with Crippen LogP contribution in [-0.2, 0) is 0 Å². The van der Waals surface area contributed by atoms with Gasteiger partial charge in [0, 0.05) is 10.8 Å². The van der Waals surface area contributed by atoms with Crippen LogP contribution < -0.4 is 10.4 Å². The van der Waals surface area contributed by atoms with Crippen LogP contribution in [0.15, 0.2) is 71.7 Å². The lowest BCUT2D eigenvalue weighted by atomic mass is 9.85. The van der Waals surface area contributed by atoms with Crippen LogP contribution in [0.2, 0.25) is 0 Å². The van der Waals surface area contributed by atoms with Crippen molar-refractivity contribution in [3.05, 3.63) is 88.3 Å². The Morgan fingerprint density at radius 1 is 0.955 bits per heavy atom. The molecular weight excluding hydrogens is 284 g/mol. The summed E-state index contributed by atoms with van der Waals surface area (Å²) >= 11 is 1.80. The van der Waals surface area contributed by atoms with E-state index in [9.17, 15) is 0 Å². The van der Waals surface area contributed by atoms with E-state index < -0.39 is 0 Å². The maximum absolute atomic E-state index is 2.33. The Kier molecular flexibility index (Phi) is 3.31. The molecule has 1 unspecified atom stereocenters. The lowest BCUT2D eigenvalue weighted by Gasteiger charge is -2.18. The molecule has 0 nitrogen and oxygen atoms in total. The summed E-state index contributed by atoms with van der Waals surface area (Å²) in [4.78, 5) is 1.33. The third-order valence-corrected chi connectivity index (χ3v) is 5.31. The SMILES string of the molecule is CSc1ccc(C2=c3ccccc3=C3C=CC=CC32)c(C)c1. The summed E-state index contributed by atoms with van der Waals surface area (Å²) in [5.41, 5.74) is 5.63. The standard InChI is InChI=1S/C21H18S/c1-14-13-15(22-2)11-12-16(14)21-19-9-5-3-7-17(19)18-8-4-6-10-20(18)21/h3-13,19H,1-2H3. The normalized spacial score (nSPS) is 18.5. The molecule has 0 radical (unpaired) electrons. The quantitative estimate of drug-likeness (QED) is 0.760. The third-order valence-electron chi connectivity index (χ3n) is 4.59.